The number of aliphatic hydroxyl groups is 1. The third-order valence-corrected chi connectivity index (χ3v) is 17.5. The van der Waals surface area contributed by atoms with Crippen molar-refractivity contribution in [3.8, 4) is 33.3 Å². The van der Waals surface area contributed by atoms with Gasteiger partial charge in [-0.05, 0) is 103 Å². The lowest BCUT2D eigenvalue weighted by Gasteiger charge is -2.39. The SMILES string of the molecule is Cc1ncsc1-c1ccc(CCNC(=O)[C@@H]2C[C@H](O)CN2C(=O)[C@@H](NC(=O)CN2CCN(CC3CCN(C[C@@H](C)Oc4nc(N5CCNCC5)c5cc(Cl)c(-c6cc(O)cc7ccccc67)c(F)c5n4)CC3)CC2)C(C)(C)C)cc1. The number of aliphatic hydroxyl groups excluding tert-OH is 1. The molecule has 17 nitrogen and oxygen atoms in total. The summed E-state index contributed by atoms with van der Waals surface area (Å²) in [4.78, 5) is 67.2. The molecule has 0 radical (unpaired) electrons. The van der Waals surface area contributed by atoms with E-state index in [4.69, 9.17) is 26.3 Å². The maximum absolute atomic E-state index is 17.1. The van der Waals surface area contributed by atoms with Gasteiger partial charge in [0.2, 0.25) is 17.7 Å². The van der Waals surface area contributed by atoms with E-state index in [0.29, 0.717) is 55.3 Å². The molecule has 426 valence electrons. The first-order valence-electron chi connectivity index (χ1n) is 28.2. The monoisotopic (exact) mass is 1130 g/mol. The molecule has 4 atom stereocenters. The highest BCUT2D eigenvalue weighted by atomic mass is 35.5. The van der Waals surface area contributed by atoms with Crippen molar-refractivity contribution in [2.75, 3.05) is 103 Å². The predicted molar refractivity (Wildman–Crippen MR) is 313 cm³/mol. The van der Waals surface area contributed by atoms with Crippen LogP contribution in [0.2, 0.25) is 5.02 Å². The number of nitrogens with zero attached hydrogens (tertiary/aromatic N) is 8. The fourth-order valence-corrected chi connectivity index (χ4v) is 13.0. The summed E-state index contributed by atoms with van der Waals surface area (Å²) in [7, 11) is 0. The summed E-state index contributed by atoms with van der Waals surface area (Å²) < 4.78 is 23.5. The van der Waals surface area contributed by atoms with Gasteiger partial charge in [0.1, 0.15) is 35.3 Å². The number of halogens is 2. The summed E-state index contributed by atoms with van der Waals surface area (Å²) >= 11 is 8.54. The van der Waals surface area contributed by atoms with Gasteiger partial charge < -0.3 is 45.6 Å². The lowest BCUT2D eigenvalue weighted by molar-refractivity contribution is -0.144. The largest absolute Gasteiger partial charge is 0.508 e. The van der Waals surface area contributed by atoms with Gasteiger partial charge in [-0.3, -0.25) is 24.2 Å². The molecule has 0 spiro atoms. The highest BCUT2D eigenvalue weighted by molar-refractivity contribution is 7.13. The summed E-state index contributed by atoms with van der Waals surface area (Å²) in [5, 5.41) is 33.0. The Kier molecular flexibility index (Phi) is 17.9. The first-order chi connectivity index (χ1) is 38.4. The molecule has 3 amide bonds. The van der Waals surface area contributed by atoms with Crippen LogP contribution in [0.3, 0.4) is 0 Å². The molecule has 6 aromatic rings. The smallest absolute Gasteiger partial charge is 0.319 e. The number of benzene rings is 4. The summed E-state index contributed by atoms with van der Waals surface area (Å²) in [5.41, 5.74) is 5.10. The van der Waals surface area contributed by atoms with Crippen LogP contribution in [0, 0.1) is 24.1 Å². The Bertz CT molecular complexity index is 3170. The highest BCUT2D eigenvalue weighted by Crippen LogP contribution is 2.43. The summed E-state index contributed by atoms with van der Waals surface area (Å²) in [6.45, 7) is 19.7. The molecule has 4 aromatic carbocycles. The van der Waals surface area contributed by atoms with Gasteiger partial charge in [0, 0.05) is 95.9 Å². The average Bonchev–Trinajstić information content (AvgIpc) is 4.12. The van der Waals surface area contributed by atoms with E-state index in [1.807, 2.05) is 76.5 Å². The number of phenolic OH excluding ortho intramolecular Hbond substituents is 1. The third-order valence-electron chi connectivity index (χ3n) is 16.2. The Morgan fingerprint density at radius 1 is 0.925 bits per heavy atom. The number of piperidine rings is 1. The number of anilines is 1. The van der Waals surface area contributed by atoms with Crippen LogP contribution in [0.25, 0.3) is 43.2 Å². The molecule has 5 N–H and O–H groups in total. The first-order valence-corrected chi connectivity index (χ1v) is 29.5. The second kappa shape index (κ2) is 25.0. The lowest BCUT2D eigenvalue weighted by atomic mass is 9.85. The number of piperazine rings is 2. The molecule has 6 heterocycles. The number of carbonyl (C=O) groups is 3. The number of aromatic hydroxyl groups is 1. The Morgan fingerprint density at radius 2 is 1.65 bits per heavy atom. The Hall–Kier alpha value is -6.06. The normalized spacial score (nSPS) is 19.9. The minimum absolute atomic E-state index is 0.00872. The van der Waals surface area contributed by atoms with Gasteiger partial charge in [-0.1, -0.05) is 80.9 Å². The lowest BCUT2D eigenvalue weighted by Crippen LogP contribution is -2.59. The summed E-state index contributed by atoms with van der Waals surface area (Å²) in [6.07, 6.45) is 1.69. The number of aromatic nitrogens is 3. The summed E-state index contributed by atoms with van der Waals surface area (Å²) in [6, 6.07) is 19.0. The van der Waals surface area contributed by atoms with E-state index in [9.17, 15) is 24.6 Å². The standard InChI is InChI=1S/C60H75ClFN11O6S/c1-37(79-59-67-53-47(56(68-59)72-22-18-63-19-23-72)31-48(61)51(52(53)62)46-29-43(74)28-42-8-6-7-9-45(42)46)32-69-20-15-40(16-21-69)33-70-24-26-71(27-25-70)35-50(76)66-55(60(3,4)5)58(78)73-34-44(75)30-49(73)57(77)64-17-14-39-10-12-41(13-11-39)54-38(2)65-36-80-54/h6-13,28-29,31,36-37,40,44,49,55,63,74-75H,14-27,30,32-35H2,1-5H3,(H,64,77)(H,66,76)/t37-,44+,49+,55-/m1/s1. The molecule has 4 fully saturated rings. The van der Waals surface area contributed by atoms with Gasteiger partial charge >= 0.3 is 6.01 Å². The van der Waals surface area contributed by atoms with Crippen LogP contribution >= 0.6 is 22.9 Å². The average molecular weight is 1130 g/mol. The second-order valence-electron chi connectivity index (χ2n) is 23.2. The Morgan fingerprint density at radius 3 is 2.36 bits per heavy atom. The second-order valence-corrected chi connectivity index (χ2v) is 24.5. The van der Waals surface area contributed by atoms with Gasteiger partial charge in [-0.15, -0.1) is 11.3 Å². The highest BCUT2D eigenvalue weighted by Gasteiger charge is 2.45. The molecule has 4 saturated heterocycles. The predicted octanol–water partition coefficient (Wildman–Crippen LogP) is 6.74. The number of amides is 3. The summed E-state index contributed by atoms with van der Waals surface area (Å²) in [5.74, 6) is -0.417. The van der Waals surface area contributed by atoms with E-state index < -0.39 is 29.4 Å². The van der Waals surface area contributed by atoms with Crippen LogP contribution in [0.4, 0.5) is 10.2 Å². The number of likely N-dealkylation sites (tertiary alicyclic amines) is 2. The molecule has 4 aliphatic rings. The zero-order valence-electron chi connectivity index (χ0n) is 46.5. The molecule has 2 aromatic heterocycles. The van der Waals surface area contributed by atoms with Crippen molar-refractivity contribution >= 4 is 68.2 Å². The maximum atomic E-state index is 17.1. The first kappa shape index (κ1) is 57.2. The number of fused-ring (bicyclic) bond motifs is 2. The van der Waals surface area contributed by atoms with E-state index in [1.165, 1.54) is 11.0 Å². The van der Waals surface area contributed by atoms with Crippen LogP contribution in [0.5, 0.6) is 11.8 Å². The molecule has 4 aliphatic heterocycles. The van der Waals surface area contributed by atoms with Crippen LogP contribution in [-0.2, 0) is 20.8 Å². The van der Waals surface area contributed by atoms with Gasteiger partial charge in [0.05, 0.1) is 33.8 Å². The topological polar surface area (TPSA) is 192 Å². The molecule has 0 bridgehead atoms. The van der Waals surface area contributed by atoms with Gasteiger partial charge in [-0.2, -0.15) is 9.97 Å². The third kappa shape index (κ3) is 13.3. The minimum Gasteiger partial charge on any atom is -0.508 e. The number of rotatable bonds is 17. The van der Waals surface area contributed by atoms with Crippen molar-refractivity contribution in [2.45, 2.75) is 84.6 Å². The molecular formula is C60H75ClFN11O6S. The van der Waals surface area contributed by atoms with Crippen molar-refractivity contribution in [3.63, 3.8) is 0 Å². The number of aryl methyl sites for hydroxylation is 1. The number of hydrogen-bond donors (Lipinski definition) is 5. The van der Waals surface area contributed by atoms with Crippen LogP contribution in [-0.4, -0.2) is 185 Å². The Labute approximate surface area is 476 Å². The number of thiazole rings is 1. The van der Waals surface area contributed by atoms with Crippen molar-refractivity contribution < 1.29 is 33.7 Å². The van der Waals surface area contributed by atoms with Gasteiger partial charge in [0.15, 0.2) is 5.82 Å². The quantitative estimate of drug-likeness (QED) is 0.0646. The van der Waals surface area contributed by atoms with E-state index in [1.54, 1.807) is 23.5 Å². The van der Waals surface area contributed by atoms with Crippen molar-refractivity contribution in [1.29, 1.82) is 0 Å². The van der Waals surface area contributed by atoms with Crippen LogP contribution in [0.15, 0.2) is 72.2 Å². The van der Waals surface area contributed by atoms with E-state index >= 15 is 4.39 Å². The van der Waals surface area contributed by atoms with Gasteiger partial charge in [0.25, 0.3) is 0 Å². The van der Waals surface area contributed by atoms with Crippen molar-refractivity contribution in [2.24, 2.45) is 11.3 Å². The molecule has 0 unspecified atom stereocenters. The number of ether oxygens (including phenoxy) is 1. The molecular weight excluding hydrogens is 1060 g/mol. The molecule has 0 saturated carbocycles. The van der Waals surface area contributed by atoms with Crippen LogP contribution in [0.1, 0.15) is 58.2 Å². The molecule has 0 aliphatic carbocycles. The van der Waals surface area contributed by atoms with E-state index in [-0.39, 0.29) is 71.2 Å². The van der Waals surface area contributed by atoms with Crippen LogP contribution < -0.4 is 25.6 Å². The number of β-amino-alcohol motifs (C(OH)–C–C–N with tert-alkyl or cyclic N) is 1. The Balaban J connectivity index is 0.685. The number of nitrogens with one attached hydrogen (secondary N) is 3. The van der Waals surface area contributed by atoms with Crippen molar-refractivity contribution in [1.82, 2.24) is 50.5 Å². The van der Waals surface area contributed by atoms with E-state index in [2.05, 4.69) is 52.7 Å². The number of phenols is 1. The number of hydrogen-bond acceptors (Lipinski definition) is 15. The van der Waals surface area contributed by atoms with E-state index in [0.717, 1.165) is 104 Å². The fourth-order valence-electron chi connectivity index (χ4n) is 11.9. The van der Waals surface area contributed by atoms with Crippen molar-refractivity contribution in [3.05, 3.63) is 94.3 Å². The fraction of sp³-hybridized carbons (Fsp3) is 0.500. The zero-order chi connectivity index (χ0) is 56.2. The van der Waals surface area contributed by atoms with Gasteiger partial charge in [-0.25, -0.2) is 9.37 Å². The minimum atomic E-state index is -0.891. The molecule has 80 heavy (non-hydrogen) atoms. The number of carbonyl (C=O) groups excluding carboxylic acids is 3. The molecule has 20 heteroatoms. The maximum Gasteiger partial charge on any atom is 0.319 e. The molecule has 10 rings (SSSR count). The zero-order valence-corrected chi connectivity index (χ0v) is 48.1.